The minimum atomic E-state index is 0.0897. The van der Waals surface area contributed by atoms with Gasteiger partial charge in [-0.1, -0.05) is 13.8 Å². The van der Waals surface area contributed by atoms with E-state index in [9.17, 15) is 0 Å². The summed E-state index contributed by atoms with van der Waals surface area (Å²) in [7, 11) is 0. The number of nitriles is 1. The van der Waals surface area contributed by atoms with Gasteiger partial charge in [0.2, 0.25) is 0 Å². The van der Waals surface area contributed by atoms with Crippen LogP contribution in [0.1, 0.15) is 19.4 Å². The molecule has 0 fully saturated rings. The molecule has 0 aromatic carbocycles. The first kappa shape index (κ1) is 11.7. The highest BCUT2D eigenvalue weighted by Gasteiger charge is 2.10. The number of hydrogen-bond donors (Lipinski definition) is 1. The molecule has 0 saturated carbocycles. The fraction of sp³-hybridized carbons (Fsp3) is 0.500. The topological polar surface area (TPSA) is 48.7 Å². The minimum Gasteiger partial charge on any atom is -0.311 e. The zero-order valence-electron chi connectivity index (χ0n) is 9.27. The Morgan fingerprint density at radius 2 is 2.07 bits per heavy atom. The van der Waals surface area contributed by atoms with Gasteiger partial charge in [-0.2, -0.15) is 5.26 Å². The molecular formula is C12H17N3. The van der Waals surface area contributed by atoms with E-state index in [1.54, 1.807) is 12.4 Å². The van der Waals surface area contributed by atoms with E-state index < -0.39 is 0 Å². The molecule has 0 bridgehead atoms. The summed E-state index contributed by atoms with van der Waals surface area (Å²) in [5, 5.41) is 12.2. The van der Waals surface area contributed by atoms with Gasteiger partial charge in [0.15, 0.2) is 0 Å². The molecule has 1 heterocycles. The van der Waals surface area contributed by atoms with Crippen LogP contribution in [-0.2, 0) is 6.54 Å². The molecule has 3 heteroatoms. The van der Waals surface area contributed by atoms with Gasteiger partial charge >= 0.3 is 0 Å². The second-order valence-electron chi connectivity index (χ2n) is 3.97. The molecule has 1 aromatic heterocycles. The van der Waals surface area contributed by atoms with Crippen LogP contribution in [0.3, 0.4) is 0 Å². The van der Waals surface area contributed by atoms with Gasteiger partial charge in [-0.3, -0.25) is 4.98 Å². The molecule has 1 rings (SSSR count). The van der Waals surface area contributed by atoms with E-state index in [2.05, 4.69) is 30.2 Å². The first-order valence-electron chi connectivity index (χ1n) is 5.23. The molecule has 0 aliphatic heterocycles. The van der Waals surface area contributed by atoms with Crippen molar-refractivity contribution < 1.29 is 0 Å². The molecule has 1 aromatic rings. The largest absolute Gasteiger partial charge is 0.311 e. The lowest BCUT2D eigenvalue weighted by atomic mass is 9.97. The van der Waals surface area contributed by atoms with Crippen LogP contribution in [0.5, 0.6) is 0 Å². The quantitative estimate of drug-likeness (QED) is 0.796. The summed E-state index contributed by atoms with van der Waals surface area (Å²) < 4.78 is 0. The molecule has 1 unspecified atom stereocenters. The Hall–Kier alpha value is -1.40. The smallest absolute Gasteiger partial charge is 0.0671 e. The predicted octanol–water partition coefficient (Wildman–Crippen LogP) is 1.97. The van der Waals surface area contributed by atoms with Crippen LogP contribution in [0.2, 0.25) is 0 Å². The predicted molar refractivity (Wildman–Crippen MR) is 59.9 cm³/mol. The lowest BCUT2D eigenvalue weighted by Gasteiger charge is -2.13. The second-order valence-corrected chi connectivity index (χ2v) is 3.97. The Morgan fingerprint density at radius 1 is 1.40 bits per heavy atom. The van der Waals surface area contributed by atoms with Crippen molar-refractivity contribution in [3.05, 3.63) is 30.1 Å². The number of nitrogens with zero attached hydrogens (tertiary/aromatic N) is 2. The lowest BCUT2D eigenvalue weighted by molar-refractivity contribution is 0.442. The summed E-state index contributed by atoms with van der Waals surface area (Å²) in [5.74, 6) is 0.492. The maximum atomic E-state index is 8.89. The molecule has 80 valence electrons. The molecule has 0 amide bonds. The number of aromatic nitrogens is 1. The summed E-state index contributed by atoms with van der Waals surface area (Å²) >= 11 is 0. The maximum absolute atomic E-state index is 8.89. The van der Waals surface area contributed by atoms with Crippen molar-refractivity contribution in [1.29, 1.82) is 5.26 Å². The van der Waals surface area contributed by atoms with E-state index >= 15 is 0 Å². The van der Waals surface area contributed by atoms with Crippen molar-refractivity contribution in [3.8, 4) is 6.07 Å². The highest BCUT2D eigenvalue weighted by atomic mass is 14.9. The number of hydrogen-bond acceptors (Lipinski definition) is 3. The van der Waals surface area contributed by atoms with E-state index in [1.165, 1.54) is 5.56 Å². The van der Waals surface area contributed by atoms with Gasteiger partial charge in [-0.15, -0.1) is 0 Å². The summed E-state index contributed by atoms with van der Waals surface area (Å²) in [6.07, 6.45) is 3.56. The Bertz CT molecular complexity index is 313. The van der Waals surface area contributed by atoms with Crippen LogP contribution < -0.4 is 5.32 Å². The lowest BCUT2D eigenvalue weighted by Crippen LogP contribution is -2.24. The van der Waals surface area contributed by atoms with E-state index in [0.717, 1.165) is 13.1 Å². The highest BCUT2D eigenvalue weighted by Crippen LogP contribution is 2.08. The SMILES string of the molecule is CC(C)C(C#N)CNCc1ccncc1. The van der Waals surface area contributed by atoms with Crippen LogP contribution in [0.25, 0.3) is 0 Å². The van der Waals surface area contributed by atoms with Gasteiger partial charge in [0.1, 0.15) is 0 Å². The molecule has 1 N–H and O–H groups in total. The van der Waals surface area contributed by atoms with Crippen molar-refractivity contribution in [2.45, 2.75) is 20.4 Å². The summed E-state index contributed by atoms with van der Waals surface area (Å²) in [6.45, 7) is 5.69. The van der Waals surface area contributed by atoms with Crippen molar-refractivity contribution >= 4 is 0 Å². The fourth-order valence-corrected chi connectivity index (χ4v) is 1.30. The van der Waals surface area contributed by atoms with E-state index in [4.69, 9.17) is 5.26 Å². The molecular weight excluding hydrogens is 186 g/mol. The van der Waals surface area contributed by atoms with Gasteiger partial charge in [0.05, 0.1) is 12.0 Å². The van der Waals surface area contributed by atoms with Crippen LogP contribution in [0.4, 0.5) is 0 Å². The van der Waals surface area contributed by atoms with Gasteiger partial charge in [0.25, 0.3) is 0 Å². The molecule has 0 spiro atoms. The highest BCUT2D eigenvalue weighted by molar-refractivity contribution is 5.09. The van der Waals surface area contributed by atoms with E-state index in [-0.39, 0.29) is 5.92 Å². The maximum Gasteiger partial charge on any atom is 0.0671 e. The third-order valence-corrected chi connectivity index (χ3v) is 2.41. The number of pyridine rings is 1. The molecule has 0 radical (unpaired) electrons. The monoisotopic (exact) mass is 203 g/mol. The first-order chi connectivity index (χ1) is 7.24. The zero-order valence-corrected chi connectivity index (χ0v) is 9.27. The molecule has 0 aliphatic rings. The van der Waals surface area contributed by atoms with Gasteiger partial charge in [-0.05, 0) is 23.6 Å². The van der Waals surface area contributed by atoms with E-state index in [1.807, 2.05) is 12.1 Å². The number of nitrogens with one attached hydrogen (secondary N) is 1. The molecule has 15 heavy (non-hydrogen) atoms. The molecule has 3 nitrogen and oxygen atoms in total. The molecule has 0 saturated heterocycles. The Kier molecular flexibility index (Phi) is 4.79. The second kappa shape index (κ2) is 6.15. The van der Waals surface area contributed by atoms with E-state index in [0.29, 0.717) is 5.92 Å². The van der Waals surface area contributed by atoms with Crippen molar-refractivity contribution in [2.24, 2.45) is 11.8 Å². The first-order valence-corrected chi connectivity index (χ1v) is 5.23. The van der Waals surface area contributed by atoms with Crippen LogP contribution in [0.15, 0.2) is 24.5 Å². The summed E-state index contributed by atoms with van der Waals surface area (Å²) in [6, 6.07) is 6.26. The fourth-order valence-electron chi connectivity index (χ4n) is 1.30. The van der Waals surface area contributed by atoms with Gasteiger partial charge in [0, 0.05) is 25.5 Å². The van der Waals surface area contributed by atoms with Crippen molar-refractivity contribution in [2.75, 3.05) is 6.54 Å². The van der Waals surface area contributed by atoms with Crippen molar-refractivity contribution in [3.63, 3.8) is 0 Å². The van der Waals surface area contributed by atoms with Gasteiger partial charge < -0.3 is 5.32 Å². The van der Waals surface area contributed by atoms with Crippen LogP contribution in [0, 0.1) is 23.2 Å². The Morgan fingerprint density at radius 3 is 2.60 bits per heavy atom. The third-order valence-electron chi connectivity index (χ3n) is 2.41. The standard InChI is InChI=1S/C12H17N3/c1-10(2)12(7-13)9-15-8-11-3-5-14-6-4-11/h3-6,10,12,15H,8-9H2,1-2H3. The summed E-state index contributed by atoms with van der Waals surface area (Å²) in [5.41, 5.74) is 1.20. The van der Waals surface area contributed by atoms with Gasteiger partial charge in [-0.25, -0.2) is 0 Å². The summed E-state index contributed by atoms with van der Waals surface area (Å²) in [4.78, 5) is 3.95. The Balaban J connectivity index is 2.31. The average molecular weight is 203 g/mol. The average Bonchev–Trinajstić information content (AvgIpc) is 2.25. The number of rotatable bonds is 5. The van der Waals surface area contributed by atoms with Crippen molar-refractivity contribution in [1.82, 2.24) is 10.3 Å². The molecule has 1 atom stereocenters. The zero-order chi connectivity index (χ0) is 11.1. The minimum absolute atomic E-state index is 0.0897. The van der Waals surface area contributed by atoms with Crippen LogP contribution in [-0.4, -0.2) is 11.5 Å². The normalized spacial score (nSPS) is 12.4. The Labute approximate surface area is 91.1 Å². The third kappa shape index (κ3) is 4.09. The molecule has 0 aliphatic carbocycles. The van der Waals surface area contributed by atoms with Crippen LogP contribution >= 0.6 is 0 Å².